The summed E-state index contributed by atoms with van der Waals surface area (Å²) in [5.41, 5.74) is 0.549. The molecule has 13 heteroatoms. The summed E-state index contributed by atoms with van der Waals surface area (Å²) in [5, 5.41) is 27.7. The van der Waals surface area contributed by atoms with E-state index in [4.69, 9.17) is 4.74 Å². The topological polar surface area (TPSA) is 143 Å². The first-order valence-corrected chi connectivity index (χ1v) is 13.3. The predicted molar refractivity (Wildman–Crippen MR) is 154 cm³/mol. The van der Waals surface area contributed by atoms with Crippen molar-refractivity contribution in [3.05, 3.63) is 111 Å². The van der Waals surface area contributed by atoms with Gasteiger partial charge in [-0.3, -0.25) is 25.0 Å². The number of non-ortho nitro benzene ring substituents is 1. The highest BCUT2D eigenvalue weighted by molar-refractivity contribution is 9.10. The summed E-state index contributed by atoms with van der Waals surface area (Å²) in [6.45, 7) is 3.79. The number of hydrogen-bond donors (Lipinski definition) is 0. The molecule has 3 aromatic carbocycles. The van der Waals surface area contributed by atoms with Gasteiger partial charge in [-0.2, -0.15) is 9.78 Å². The second-order valence-electron chi connectivity index (χ2n) is 8.63. The van der Waals surface area contributed by atoms with Crippen molar-refractivity contribution in [2.45, 2.75) is 32.8 Å². The maximum atomic E-state index is 13.3. The van der Waals surface area contributed by atoms with Gasteiger partial charge in [-0.05, 0) is 52.2 Å². The van der Waals surface area contributed by atoms with Gasteiger partial charge in [0.1, 0.15) is 12.4 Å². The normalized spacial score (nSPS) is 12.1. The highest BCUT2D eigenvalue weighted by atomic mass is 79.9. The first kappa shape index (κ1) is 28.0. The van der Waals surface area contributed by atoms with E-state index in [1.54, 1.807) is 24.3 Å². The van der Waals surface area contributed by atoms with E-state index in [2.05, 4.69) is 41.9 Å². The quantitative estimate of drug-likeness (QED) is 0.110. The van der Waals surface area contributed by atoms with Gasteiger partial charge < -0.3 is 4.74 Å². The molecule has 0 saturated heterocycles. The van der Waals surface area contributed by atoms with Crippen molar-refractivity contribution in [2.24, 2.45) is 5.10 Å². The summed E-state index contributed by atoms with van der Waals surface area (Å²) >= 11 is 6.70. The molecule has 0 radical (unpaired) electrons. The standard InChI is InChI=1S/C26H21Br2N5O6/c1-3-15(2)25-30-22-8-7-18(27)12-20(22)26(34)31(25)29-13-17-10-21(28)24(23(11-17)33(37)38)39-14-16-5-4-6-19(9-16)32(35)36/h4-13,15H,3,14H2,1-2H3/t15-/m1/s1. The summed E-state index contributed by atoms with van der Waals surface area (Å²) in [6.07, 6.45) is 2.07. The Bertz CT molecular complexity index is 1690. The largest absolute Gasteiger partial charge is 0.481 e. The van der Waals surface area contributed by atoms with Gasteiger partial charge in [0.05, 0.1) is 31.4 Å². The molecule has 11 nitrogen and oxygen atoms in total. The summed E-state index contributed by atoms with van der Waals surface area (Å²) < 4.78 is 7.90. The Balaban J connectivity index is 1.71. The zero-order valence-electron chi connectivity index (χ0n) is 20.7. The van der Waals surface area contributed by atoms with Gasteiger partial charge in [0, 0.05) is 34.2 Å². The van der Waals surface area contributed by atoms with Crippen molar-refractivity contribution >= 4 is 60.4 Å². The molecule has 4 rings (SSSR count). The Morgan fingerprint density at radius 2 is 1.87 bits per heavy atom. The van der Waals surface area contributed by atoms with Gasteiger partial charge >= 0.3 is 5.69 Å². The highest BCUT2D eigenvalue weighted by Gasteiger charge is 2.21. The van der Waals surface area contributed by atoms with Gasteiger partial charge in [0.2, 0.25) is 5.75 Å². The molecule has 39 heavy (non-hydrogen) atoms. The Morgan fingerprint density at radius 3 is 2.56 bits per heavy atom. The Kier molecular flexibility index (Phi) is 8.51. The molecule has 0 amide bonds. The number of nitro benzene ring substituents is 2. The average molecular weight is 659 g/mol. The van der Waals surface area contributed by atoms with Crippen LogP contribution in [-0.2, 0) is 6.61 Å². The van der Waals surface area contributed by atoms with Crippen LogP contribution < -0.4 is 10.3 Å². The van der Waals surface area contributed by atoms with Gasteiger partial charge in [0.25, 0.3) is 11.2 Å². The van der Waals surface area contributed by atoms with E-state index in [-0.39, 0.29) is 39.7 Å². The molecule has 0 aliphatic carbocycles. The van der Waals surface area contributed by atoms with Crippen molar-refractivity contribution in [1.29, 1.82) is 0 Å². The van der Waals surface area contributed by atoms with Gasteiger partial charge in [-0.1, -0.05) is 41.9 Å². The minimum absolute atomic E-state index is 0.0432. The second-order valence-corrected chi connectivity index (χ2v) is 10.4. The Hall–Kier alpha value is -3.97. The molecule has 0 unspecified atom stereocenters. The molecule has 0 N–H and O–H groups in total. The molecule has 1 atom stereocenters. The zero-order chi connectivity index (χ0) is 28.3. The van der Waals surface area contributed by atoms with Crippen LogP contribution in [0.5, 0.6) is 5.75 Å². The molecule has 0 aliphatic heterocycles. The van der Waals surface area contributed by atoms with Crippen LogP contribution in [0.15, 0.2) is 73.4 Å². The van der Waals surface area contributed by atoms with E-state index in [9.17, 15) is 25.0 Å². The van der Waals surface area contributed by atoms with E-state index in [1.807, 2.05) is 19.9 Å². The maximum Gasteiger partial charge on any atom is 0.312 e. The first-order valence-electron chi connectivity index (χ1n) is 11.7. The van der Waals surface area contributed by atoms with Crippen LogP contribution >= 0.6 is 31.9 Å². The number of halogens is 2. The fourth-order valence-corrected chi connectivity index (χ4v) is 4.71. The molecule has 1 aromatic heterocycles. The summed E-state index contributed by atoms with van der Waals surface area (Å²) in [4.78, 5) is 39.8. The number of nitro groups is 2. The van der Waals surface area contributed by atoms with Crippen molar-refractivity contribution in [3.63, 3.8) is 0 Å². The smallest absolute Gasteiger partial charge is 0.312 e. The molecule has 0 bridgehead atoms. The van der Waals surface area contributed by atoms with Crippen molar-refractivity contribution in [3.8, 4) is 5.75 Å². The van der Waals surface area contributed by atoms with E-state index in [1.165, 1.54) is 35.2 Å². The average Bonchev–Trinajstić information content (AvgIpc) is 2.91. The number of nitrogens with zero attached hydrogens (tertiary/aromatic N) is 5. The van der Waals surface area contributed by atoms with Crippen LogP contribution in [0.4, 0.5) is 11.4 Å². The monoisotopic (exact) mass is 657 g/mol. The lowest BCUT2D eigenvalue weighted by atomic mass is 10.1. The van der Waals surface area contributed by atoms with Crippen molar-refractivity contribution < 1.29 is 14.6 Å². The minimum atomic E-state index is -0.600. The van der Waals surface area contributed by atoms with Crippen LogP contribution in [0.2, 0.25) is 0 Å². The molecule has 200 valence electrons. The van der Waals surface area contributed by atoms with Crippen LogP contribution in [-0.4, -0.2) is 25.7 Å². The SMILES string of the molecule is CC[C@@H](C)c1nc2ccc(Br)cc2c(=O)n1N=Cc1cc(Br)c(OCc2cccc([N+](=O)[O-])c2)c([N+](=O)[O-])c1. The number of aromatic nitrogens is 2. The molecular weight excluding hydrogens is 638 g/mol. The lowest BCUT2D eigenvalue weighted by Gasteiger charge is -2.14. The highest BCUT2D eigenvalue weighted by Crippen LogP contribution is 2.37. The fraction of sp³-hybridized carbons (Fsp3) is 0.192. The third-order valence-electron chi connectivity index (χ3n) is 5.96. The number of ether oxygens (including phenoxy) is 1. The molecule has 0 saturated carbocycles. The van der Waals surface area contributed by atoms with Crippen LogP contribution in [0.25, 0.3) is 10.9 Å². The van der Waals surface area contributed by atoms with Gasteiger partial charge in [-0.15, -0.1) is 0 Å². The lowest BCUT2D eigenvalue weighted by molar-refractivity contribution is -0.386. The molecule has 1 heterocycles. The zero-order valence-corrected chi connectivity index (χ0v) is 23.9. The lowest BCUT2D eigenvalue weighted by Crippen LogP contribution is -2.23. The van der Waals surface area contributed by atoms with Gasteiger partial charge in [0.15, 0.2) is 0 Å². The molecule has 0 aliphatic rings. The van der Waals surface area contributed by atoms with Crippen molar-refractivity contribution in [1.82, 2.24) is 9.66 Å². The number of hydrogen-bond acceptors (Lipinski definition) is 8. The van der Waals surface area contributed by atoms with Crippen LogP contribution in [0.1, 0.15) is 43.1 Å². The number of fused-ring (bicyclic) bond motifs is 1. The summed E-state index contributed by atoms with van der Waals surface area (Å²) in [5.74, 6) is 0.353. The fourth-order valence-electron chi connectivity index (χ4n) is 3.77. The maximum absolute atomic E-state index is 13.3. The molecule has 0 fully saturated rings. The summed E-state index contributed by atoms with van der Waals surface area (Å²) in [7, 11) is 0. The number of benzene rings is 3. The Labute approximate surface area is 238 Å². The van der Waals surface area contributed by atoms with Gasteiger partial charge in [-0.25, -0.2) is 4.98 Å². The minimum Gasteiger partial charge on any atom is -0.481 e. The molecular formula is C26H21Br2N5O6. The molecule has 4 aromatic rings. The third kappa shape index (κ3) is 6.20. The second kappa shape index (κ2) is 11.8. The predicted octanol–water partition coefficient (Wildman–Crippen LogP) is 6.71. The van der Waals surface area contributed by atoms with E-state index >= 15 is 0 Å². The molecule has 0 spiro atoms. The Morgan fingerprint density at radius 1 is 1.10 bits per heavy atom. The van der Waals surface area contributed by atoms with E-state index in [0.29, 0.717) is 27.9 Å². The van der Waals surface area contributed by atoms with E-state index in [0.717, 1.165) is 10.9 Å². The van der Waals surface area contributed by atoms with Crippen LogP contribution in [0.3, 0.4) is 0 Å². The van der Waals surface area contributed by atoms with E-state index < -0.39 is 9.85 Å². The summed E-state index contributed by atoms with van der Waals surface area (Å²) in [6, 6.07) is 13.9. The number of rotatable bonds is 9. The first-order chi connectivity index (χ1) is 18.6. The third-order valence-corrected chi connectivity index (χ3v) is 7.04. The van der Waals surface area contributed by atoms with Crippen LogP contribution in [0, 0.1) is 20.2 Å². The van der Waals surface area contributed by atoms with Crippen molar-refractivity contribution in [2.75, 3.05) is 0 Å².